The van der Waals surface area contributed by atoms with Crippen LogP contribution in [0.25, 0.3) is 0 Å². The van der Waals surface area contributed by atoms with Crippen LogP contribution in [0.4, 0.5) is 30.7 Å². The molecule has 1 aliphatic rings. The third kappa shape index (κ3) is 1.57. The van der Waals surface area contributed by atoms with E-state index in [0.717, 1.165) is 6.92 Å². The number of halogens is 7. The SMILES string of the molecule is CC1CC(F)(F)C(F)(F)C(O)(C(F)(F)F)C1. The molecule has 0 amide bonds. The van der Waals surface area contributed by atoms with Gasteiger partial charge in [-0.05, 0) is 12.3 Å². The van der Waals surface area contributed by atoms with Crippen LogP contribution in [0.1, 0.15) is 19.8 Å². The van der Waals surface area contributed by atoms with Gasteiger partial charge in [0, 0.05) is 6.42 Å². The first-order valence-electron chi connectivity index (χ1n) is 4.40. The smallest absolute Gasteiger partial charge is 0.376 e. The van der Waals surface area contributed by atoms with Crippen LogP contribution in [0.5, 0.6) is 0 Å². The van der Waals surface area contributed by atoms with Crippen LogP contribution in [0, 0.1) is 5.92 Å². The molecule has 1 rings (SSSR count). The van der Waals surface area contributed by atoms with Crippen LogP contribution >= 0.6 is 0 Å². The van der Waals surface area contributed by atoms with E-state index in [1.807, 2.05) is 0 Å². The maximum atomic E-state index is 13.0. The number of hydrogen-bond donors (Lipinski definition) is 1. The van der Waals surface area contributed by atoms with Gasteiger partial charge in [-0.2, -0.15) is 30.7 Å². The van der Waals surface area contributed by atoms with E-state index < -0.39 is 42.4 Å². The Kier molecular flexibility index (Phi) is 2.74. The average Bonchev–Trinajstić information content (AvgIpc) is 1.97. The van der Waals surface area contributed by atoms with Gasteiger partial charge in [0.1, 0.15) is 0 Å². The van der Waals surface area contributed by atoms with Gasteiger partial charge in [0.15, 0.2) is 0 Å². The number of aliphatic hydroxyl groups is 1. The van der Waals surface area contributed by atoms with Gasteiger partial charge in [-0.15, -0.1) is 0 Å². The zero-order valence-corrected chi connectivity index (χ0v) is 8.08. The van der Waals surface area contributed by atoms with E-state index >= 15 is 0 Å². The summed E-state index contributed by atoms with van der Waals surface area (Å²) in [5, 5.41) is 8.89. The van der Waals surface area contributed by atoms with E-state index in [1.54, 1.807) is 0 Å². The fourth-order valence-corrected chi connectivity index (χ4v) is 1.87. The number of hydrogen-bond acceptors (Lipinski definition) is 1. The van der Waals surface area contributed by atoms with Gasteiger partial charge in [0.25, 0.3) is 0 Å². The molecule has 0 aromatic carbocycles. The Hall–Kier alpha value is -0.530. The molecule has 0 aromatic heterocycles. The molecule has 0 aliphatic heterocycles. The molecule has 2 atom stereocenters. The van der Waals surface area contributed by atoms with Gasteiger partial charge in [0.05, 0.1) is 0 Å². The molecule has 8 heteroatoms. The van der Waals surface area contributed by atoms with Gasteiger partial charge in [-0.3, -0.25) is 0 Å². The Labute approximate surface area is 86.2 Å². The van der Waals surface area contributed by atoms with Gasteiger partial charge in [0.2, 0.25) is 5.60 Å². The van der Waals surface area contributed by atoms with E-state index in [-0.39, 0.29) is 0 Å². The fourth-order valence-electron chi connectivity index (χ4n) is 1.87. The summed E-state index contributed by atoms with van der Waals surface area (Å²) in [4.78, 5) is 0. The highest BCUT2D eigenvalue weighted by atomic mass is 19.4. The van der Waals surface area contributed by atoms with Crippen molar-refractivity contribution in [3.8, 4) is 0 Å². The molecule has 2 unspecified atom stereocenters. The topological polar surface area (TPSA) is 20.2 Å². The lowest BCUT2D eigenvalue weighted by molar-refractivity contribution is -0.396. The van der Waals surface area contributed by atoms with Crippen molar-refractivity contribution >= 4 is 0 Å². The summed E-state index contributed by atoms with van der Waals surface area (Å²) < 4.78 is 88.5. The Morgan fingerprint density at radius 2 is 1.50 bits per heavy atom. The first-order valence-corrected chi connectivity index (χ1v) is 4.40. The van der Waals surface area contributed by atoms with Crippen LogP contribution in [0.2, 0.25) is 0 Å². The summed E-state index contributed by atoms with van der Waals surface area (Å²) in [5.74, 6) is -11.7. The van der Waals surface area contributed by atoms with Crippen LogP contribution in [-0.4, -0.2) is 28.7 Å². The van der Waals surface area contributed by atoms with Crippen LogP contribution in [0.3, 0.4) is 0 Å². The second kappa shape index (κ2) is 3.24. The van der Waals surface area contributed by atoms with Crippen molar-refractivity contribution in [2.75, 3.05) is 0 Å². The maximum Gasteiger partial charge on any atom is 0.423 e. The largest absolute Gasteiger partial charge is 0.423 e. The standard InChI is InChI=1S/C8H9F7O/c1-4-2-5(16,8(13,14)15)7(11,12)6(9,10)3-4/h4,16H,2-3H2,1H3. The van der Waals surface area contributed by atoms with Crippen molar-refractivity contribution in [1.29, 1.82) is 0 Å². The Morgan fingerprint density at radius 3 is 1.88 bits per heavy atom. The fraction of sp³-hybridized carbons (Fsp3) is 1.00. The molecule has 0 saturated heterocycles. The first-order chi connectivity index (χ1) is 6.85. The summed E-state index contributed by atoms with van der Waals surface area (Å²) in [6, 6.07) is 0. The lowest BCUT2D eigenvalue weighted by atomic mass is 9.73. The van der Waals surface area contributed by atoms with Crippen molar-refractivity contribution in [1.82, 2.24) is 0 Å². The average molecular weight is 254 g/mol. The summed E-state index contributed by atoms with van der Waals surface area (Å²) >= 11 is 0. The molecular weight excluding hydrogens is 245 g/mol. The second-order valence-electron chi connectivity index (χ2n) is 4.15. The molecule has 1 saturated carbocycles. The minimum atomic E-state index is -5.80. The zero-order chi connectivity index (χ0) is 13.0. The van der Waals surface area contributed by atoms with Crippen molar-refractivity contribution in [2.45, 2.75) is 43.4 Å². The summed E-state index contributed by atoms with van der Waals surface area (Å²) in [6.07, 6.45) is -8.61. The molecule has 1 fully saturated rings. The monoisotopic (exact) mass is 254 g/mol. The molecule has 0 spiro atoms. The highest BCUT2D eigenvalue weighted by molar-refractivity contribution is 5.10. The highest BCUT2D eigenvalue weighted by Crippen LogP contribution is 2.57. The van der Waals surface area contributed by atoms with Gasteiger partial charge < -0.3 is 5.11 Å². The molecule has 0 heterocycles. The van der Waals surface area contributed by atoms with E-state index in [9.17, 15) is 30.7 Å². The molecule has 1 nitrogen and oxygen atoms in total. The Balaban J connectivity index is 3.27. The van der Waals surface area contributed by atoms with Crippen molar-refractivity contribution in [2.24, 2.45) is 5.92 Å². The van der Waals surface area contributed by atoms with Crippen LogP contribution < -0.4 is 0 Å². The van der Waals surface area contributed by atoms with E-state index in [0.29, 0.717) is 0 Å². The third-order valence-corrected chi connectivity index (χ3v) is 2.70. The van der Waals surface area contributed by atoms with Crippen LogP contribution in [-0.2, 0) is 0 Å². The lowest BCUT2D eigenvalue weighted by Crippen LogP contribution is -2.69. The van der Waals surface area contributed by atoms with E-state index in [1.165, 1.54) is 0 Å². The minimum Gasteiger partial charge on any atom is -0.376 e. The summed E-state index contributed by atoms with van der Waals surface area (Å²) in [7, 11) is 0. The van der Waals surface area contributed by atoms with Crippen molar-refractivity contribution in [3.63, 3.8) is 0 Å². The zero-order valence-electron chi connectivity index (χ0n) is 8.08. The predicted molar refractivity (Wildman–Crippen MR) is 39.3 cm³/mol. The van der Waals surface area contributed by atoms with Gasteiger partial charge in [-0.1, -0.05) is 6.92 Å². The van der Waals surface area contributed by atoms with Crippen molar-refractivity contribution < 1.29 is 35.8 Å². The summed E-state index contributed by atoms with van der Waals surface area (Å²) in [5.41, 5.74) is -4.67. The Morgan fingerprint density at radius 1 is 1.06 bits per heavy atom. The molecule has 0 aromatic rings. The molecule has 16 heavy (non-hydrogen) atoms. The first kappa shape index (κ1) is 13.5. The molecular formula is C8H9F7O. The van der Waals surface area contributed by atoms with E-state index in [2.05, 4.69) is 0 Å². The molecule has 1 N–H and O–H groups in total. The minimum absolute atomic E-state index is 0.958. The number of alkyl halides is 7. The molecule has 96 valence electrons. The molecule has 0 bridgehead atoms. The Bertz CT molecular complexity index is 285. The van der Waals surface area contributed by atoms with Gasteiger partial charge >= 0.3 is 18.0 Å². The van der Waals surface area contributed by atoms with Crippen molar-refractivity contribution in [3.05, 3.63) is 0 Å². The van der Waals surface area contributed by atoms with E-state index in [4.69, 9.17) is 5.11 Å². The van der Waals surface area contributed by atoms with Gasteiger partial charge in [-0.25, -0.2) is 0 Å². The normalized spacial score (nSPS) is 38.4. The maximum absolute atomic E-state index is 13.0. The lowest BCUT2D eigenvalue weighted by Gasteiger charge is -2.46. The number of rotatable bonds is 0. The van der Waals surface area contributed by atoms with Crippen LogP contribution in [0.15, 0.2) is 0 Å². The molecule has 0 radical (unpaired) electrons. The highest BCUT2D eigenvalue weighted by Gasteiger charge is 2.80. The second-order valence-corrected chi connectivity index (χ2v) is 4.15. The summed E-state index contributed by atoms with van der Waals surface area (Å²) in [6.45, 7) is 0.958. The third-order valence-electron chi connectivity index (χ3n) is 2.70. The predicted octanol–water partition coefficient (Wildman–Crippen LogP) is 2.98. The molecule has 1 aliphatic carbocycles. The quantitative estimate of drug-likeness (QED) is 0.659.